The van der Waals surface area contributed by atoms with Crippen molar-refractivity contribution in [2.45, 2.75) is 73.1 Å². The molecule has 2 saturated heterocycles. The highest BCUT2D eigenvalue weighted by atomic mass is 16.2. The van der Waals surface area contributed by atoms with Gasteiger partial charge in [0.05, 0.1) is 0 Å². The molecule has 2 rings (SSSR count). The molecule has 0 saturated carbocycles. The van der Waals surface area contributed by atoms with Crippen molar-refractivity contribution in [1.82, 2.24) is 9.80 Å². The molecular formula is C19H38N2O. The monoisotopic (exact) mass is 310 g/mol. The van der Waals surface area contributed by atoms with E-state index in [9.17, 15) is 4.79 Å². The number of amides is 1. The van der Waals surface area contributed by atoms with Crippen LogP contribution in [0.1, 0.15) is 73.1 Å². The molecule has 1 amide bonds. The number of nitrogens with zero attached hydrogens (tertiary/aromatic N) is 2. The summed E-state index contributed by atoms with van der Waals surface area (Å²) in [6.07, 6.45) is 6.70. The minimum atomic E-state index is 0.393. The van der Waals surface area contributed by atoms with Gasteiger partial charge in [-0.2, -0.15) is 0 Å². The summed E-state index contributed by atoms with van der Waals surface area (Å²) in [5, 5.41) is 0. The maximum atomic E-state index is 12.2. The maximum absolute atomic E-state index is 12.2. The molecule has 0 aromatic carbocycles. The van der Waals surface area contributed by atoms with Crippen LogP contribution in [0, 0.1) is 11.3 Å². The topological polar surface area (TPSA) is 23.6 Å². The van der Waals surface area contributed by atoms with E-state index < -0.39 is 0 Å². The number of hydrogen-bond acceptors (Lipinski definition) is 2. The molecule has 3 nitrogen and oxygen atoms in total. The van der Waals surface area contributed by atoms with Gasteiger partial charge in [-0.3, -0.25) is 4.79 Å². The first-order chi connectivity index (χ1) is 10.6. The first-order valence-corrected chi connectivity index (χ1v) is 9.58. The molecule has 2 aliphatic rings. The van der Waals surface area contributed by atoms with Crippen molar-refractivity contribution < 1.29 is 4.79 Å². The number of likely N-dealkylation sites (tertiary alicyclic amines) is 2. The summed E-state index contributed by atoms with van der Waals surface area (Å²) in [6.45, 7) is 16.5. The van der Waals surface area contributed by atoms with Crippen molar-refractivity contribution in [1.29, 1.82) is 0 Å². The number of piperidine rings is 1. The Kier molecular flexibility index (Phi) is 8.45. The van der Waals surface area contributed by atoms with Crippen molar-refractivity contribution in [2.75, 3.05) is 32.7 Å². The molecule has 3 heteroatoms. The highest BCUT2D eigenvalue weighted by Crippen LogP contribution is 2.40. The molecule has 2 aliphatic heterocycles. The van der Waals surface area contributed by atoms with Crippen LogP contribution in [-0.4, -0.2) is 48.4 Å². The Morgan fingerprint density at radius 2 is 1.73 bits per heavy atom. The van der Waals surface area contributed by atoms with E-state index in [2.05, 4.69) is 30.6 Å². The van der Waals surface area contributed by atoms with Crippen LogP contribution in [0.4, 0.5) is 0 Å². The van der Waals surface area contributed by atoms with Gasteiger partial charge >= 0.3 is 0 Å². The van der Waals surface area contributed by atoms with Gasteiger partial charge in [-0.1, -0.05) is 41.0 Å². The number of carbonyl (C=O) groups excluding carboxylic acids is 1. The molecule has 130 valence electrons. The number of hydrogen-bond donors (Lipinski definition) is 0. The lowest BCUT2D eigenvalue weighted by molar-refractivity contribution is -0.136. The van der Waals surface area contributed by atoms with E-state index in [1.807, 2.05) is 13.8 Å². The normalized spacial score (nSPS) is 21.8. The van der Waals surface area contributed by atoms with Crippen LogP contribution in [0.25, 0.3) is 0 Å². The fraction of sp³-hybridized carbons (Fsp3) is 0.947. The van der Waals surface area contributed by atoms with Gasteiger partial charge in [0.15, 0.2) is 0 Å². The Morgan fingerprint density at radius 3 is 2.23 bits per heavy atom. The van der Waals surface area contributed by atoms with Crippen molar-refractivity contribution in [3.63, 3.8) is 0 Å². The van der Waals surface area contributed by atoms with E-state index >= 15 is 0 Å². The first-order valence-electron chi connectivity index (χ1n) is 9.58. The second kappa shape index (κ2) is 9.54. The van der Waals surface area contributed by atoms with Crippen LogP contribution in [0.2, 0.25) is 0 Å². The Labute approximate surface area is 138 Å². The molecule has 0 bridgehead atoms. The van der Waals surface area contributed by atoms with Crippen LogP contribution in [0.15, 0.2) is 0 Å². The van der Waals surface area contributed by atoms with Gasteiger partial charge in [0.2, 0.25) is 5.91 Å². The fourth-order valence-electron chi connectivity index (χ4n) is 3.66. The highest BCUT2D eigenvalue weighted by Gasteiger charge is 2.44. The molecule has 0 aromatic heterocycles. The minimum Gasteiger partial charge on any atom is -0.343 e. The lowest BCUT2D eigenvalue weighted by atomic mass is 9.72. The van der Waals surface area contributed by atoms with E-state index in [4.69, 9.17) is 0 Å². The largest absolute Gasteiger partial charge is 0.343 e. The van der Waals surface area contributed by atoms with Gasteiger partial charge in [0.1, 0.15) is 0 Å². The van der Waals surface area contributed by atoms with Crippen LogP contribution < -0.4 is 0 Å². The molecule has 1 unspecified atom stereocenters. The fourth-order valence-corrected chi connectivity index (χ4v) is 3.66. The van der Waals surface area contributed by atoms with E-state index in [0.717, 1.165) is 25.9 Å². The van der Waals surface area contributed by atoms with E-state index in [1.54, 1.807) is 0 Å². The molecule has 0 radical (unpaired) electrons. The molecule has 22 heavy (non-hydrogen) atoms. The molecule has 1 spiro atoms. The average molecular weight is 311 g/mol. The third kappa shape index (κ3) is 5.26. The van der Waals surface area contributed by atoms with Gasteiger partial charge in [0.25, 0.3) is 0 Å². The van der Waals surface area contributed by atoms with Gasteiger partial charge in [-0.05, 0) is 43.6 Å². The predicted molar refractivity (Wildman–Crippen MR) is 95.0 cm³/mol. The molecule has 0 aromatic rings. The summed E-state index contributed by atoms with van der Waals surface area (Å²) in [6, 6.07) is 0. The lowest BCUT2D eigenvalue weighted by Gasteiger charge is -2.54. The third-order valence-electron chi connectivity index (χ3n) is 5.38. The second-order valence-corrected chi connectivity index (χ2v) is 7.14. The maximum Gasteiger partial charge on any atom is 0.222 e. The van der Waals surface area contributed by atoms with Gasteiger partial charge in [0, 0.05) is 32.6 Å². The van der Waals surface area contributed by atoms with Gasteiger partial charge in [-0.15, -0.1) is 0 Å². The molecule has 2 fully saturated rings. The molecule has 0 aliphatic carbocycles. The molecular weight excluding hydrogens is 272 g/mol. The summed E-state index contributed by atoms with van der Waals surface area (Å²) in [5.74, 6) is 1.08. The standard InChI is InChI=1S/C17H32N2O.C2H6/c1-4-10-18-13-17(14-18)8-11-19(12-9-17)16(20)7-6-15(3)5-2;1-2/h15H,4-14H2,1-3H3;1-2H3. The summed E-state index contributed by atoms with van der Waals surface area (Å²) in [5.41, 5.74) is 0.558. The average Bonchev–Trinajstić information content (AvgIpc) is 2.53. The van der Waals surface area contributed by atoms with E-state index in [-0.39, 0.29) is 0 Å². The first kappa shape index (κ1) is 19.5. The Hall–Kier alpha value is -0.570. The van der Waals surface area contributed by atoms with Crippen LogP contribution >= 0.6 is 0 Å². The van der Waals surface area contributed by atoms with Gasteiger partial charge < -0.3 is 9.80 Å². The number of carbonyl (C=O) groups is 1. The lowest BCUT2D eigenvalue weighted by Crippen LogP contribution is -2.60. The molecule has 0 N–H and O–H groups in total. The summed E-state index contributed by atoms with van der Waals surface area (Å²) in [7, 11) is 0. The summed E-state index contributed by atoms with van der Waals surface area (Å²) >= 11 is 0. The minimum absolute atomic E-state index is 0.393. The Morgan fingerprint density at radius 1 is 1.14 bits per heavy atom. The van der Waals surface area contributed by atoms with Crippen LogP contribution in [-0.2, 0) is 4.79 Å². The van der Waals surface area contributed by atoms with Crippen molar-refractivity contribution in [3.8, 4) is 0 Å². The Balaban J connectivity index is 0.00000116. The van der Waals surface area contributed by atoms with Crippen LogP contribution in [0.5, 0.6) is 0 Å². The third-order valence-corrected chi connectivity index (χ3v) is 5.38. The summed E-state index contributed by atoms with van der Waals surface area (Å²) < 4.78 is 0. The molecule has 1 atom stereocenters. The van der Waals surface area contributed by atoms with Crippen LogP contribution in [0.3, 0.4) is 0 Å². The van der Waals surface area contributed by atoms with Gasteiger partial charge in [-0.25, -0.2) is 0 Å². The zero-order valence-electron chi connectivity index (χ0n) is 15.7. The SMILES string of the molecule is CC.CCCN1CC2(CCN(C(=O)CCC(C)CC)CC2)C1. The van der Waals surface area contributed by atoms with E-state index in [0.29, 0.717) is 17.2 Å². The zero-order chi connectivity index (χ0) is 16.6. The highest BCUT2D eigenvalue weighted by molar-refractivity contribution is 5.76. The number of rotatable bonds is 6. The Bertz CT molecular complexity index is 313. The van der Waals surface area contributed by atoms with E-state index in [1.165, 1.54) is 45.3 Å². The van der Waals surface area contributed by atoms with Crippen molar-refractivity contribution in [2.24, 2.45) is 11.3 Å². The van der Waals surface area contributed by atoms with Crippen molar-refractivity contribution in [3.05, 3.63) is 0 Å². The summed E-state index contributed by atoms with van der Waals surface area (Å²) in [4.78, 5) is 16.9. The van der Waals surface area contributed by atoms with Crippen molar-refractivity contribution >= 4 is 5.91 Å². The smallest absolute Gasteiger partial charge is 0.222 e. The second-order valence-electron chi connectivity index (χ2n) is 7.14. The quantitative estimate of drug-likeness (QED) is 0.735. The molecule has 2 heterocycles. The predicted octanol–water partition coefficient (Wildman–Crippen LogP) is 4.17. The zero-order valence-corrected chi connectivity index (χ0v) is 15.7.